The van der Waals surface area contributed by atoms with Crippen molar-refractivity contribution >= 4 is 5.97 Å². The van der Waals surface area contributed by atoms with Crippen LogP contribution in [-0.2, 0) is 11.3 Å². The number of hydrogen-bond donors (Lipinski definition) is 1. The van der Waals surface area contributed by atoms with Crippen molar-refractivity contribution in [2.45, 2.75) is 38.9 Å². The third-order valence-electron chi connectivity index (χ3n) is 6.64. The van der Waals surface area contributed by atoms with Crippen LogP contribution in [0.3, 0.4) is 0 Å². The van der Waals surface area contributed by atoms with Gasteiger partial charge in [0.15, 0.2) is 0 Å². The van der Waals surface area contributed by atoms with Gasteiger partial charge in [0.05, 0.1) is 13.5 Å². The molecule has 0 bridgehead atoms. The summed E-state index contributed by atoms with van der Waals surface area (Å²) in [7, 11) is 1.66. The highest BCUT2D eigenvalue weighted by Gasteiger charge is 2.29. The molecule has 4 heteroatoms. The highest BCUT2D eigenvalue weighted by atomic mass is 16.5. The fourth-order valence-corrected chi connectivity index (χ4v) is 4.80. The SMILES string of the molecule is COc1cccc(-c2cc(C)cc([C@H](CC(=O)O)N(Cc3ccccc3)[C@H](C)c3ccccc3)c2)c1. The smallest absolute Gasteiger partial charge is 0.305 e. The largest absolute Gasteiger partial charge is 0.497 e. The van der Waals surface area contributed by atoms with Crippen LogP contribution in [0.1, 0.15) is 47.7 Å². The average Bonchev–Trinajstić information content (AvgIpc) is 2.91. The summed E-state index contributed by atoms with van der Waals surface area (Å²) >= 11 is 0. The lowest BCUT2D eigenvalue weighted by molar-refractivity contribution is -0.138. The molecule has 2 atom stereocenters. The number of carboxylic acids is 1. The number of ether oxygens (including phenoxy) is 1. The van der Waals surface area contributed by atoms with E-state index in [0.29, 0.717) is 6.54 Å². The topological polar surface area (TPSA) is 49.8 Å². The zero-order valence-electron chi connectivity index (χ0n) is 21.1. The molecule has 0 saturated carbocycles. The predicted octanol–water partition coefficient (Wildman–Crippen LogP) is 7.45. The zero-order valence-corrected chi connectivity index (χ0v) is 21.1. The first-order chi connectivity index (χ1) is 17.4. The fraction of sp³-hybridized carbons (Fsp3) is 0.219. The summed E-state index contributed by atoms with van der Waals surface area (Å²) in [5.74, 6) is -0.0243. The molecule has 0 spiro atoms. The molecule has 0 fully saturated rings. The van der Waals surface area contributed by atoms with Crippen molar-refractivity contribution in [3.63, 3.8) is 0 Å². The van der Waals surface area contributed by atoms with Gasteiger partial charge in [-0.1, -0.05) is 90.5 Å². The van der Waals surface area contributed by atoms with Gasteiger partial charge in [-0.15, -0.1) is 0 Å². The summed E-state index contributed by atoms with van der Waals surface area (Å²) < 4.78 is 5.44. The van der Waals surface area contributed by atoms with Crippen LogP contribution in [0.15, 0.2) is 103 Å². The number of aliphatic carboxylic acids is 1. The number of rotatable bonds is 10. The maximum Gasteiger partial charge on any atom is 0.305 e. The standard InChI is InChI=1S/C32H33NO3/c1-23-17-28(27-15-10-16-30(20-27)36-3)19-29(18-23)31(21-32(34)35)33(22-25-11-6-4-7-12-25)24(2)26-13-8-5-9-14-26/h4-20,24,31H,21-22H2,1-3H3,(H,34,35)/t24-,31+/m1/s1. The van der Waals surface area contributed by atoms with Crippen LogP contribution in [0.25, 0.3) is 11.1 Å². The van der Waals surface area contributed by atoms with E-state index >= 15 is 0 Å². The Morgan fingerprint density at radius 3 is 2.19 bits per heavy atom. The molecule has 4 rings (SSSR count). The van der Waals surface area contributed by atoms with Crippen molar-refractivity contribution in [1.82, 2.24) is 4.90 Å². The molecule has 0 radical (unpaired) electrons. The Bertz CT molecular complexity index is 1290. The van der Waals surface area contributed by atoms with E-state index in [-0.39, 0.29) is 18.5 Å². The Morgan fingerprint density at radius 2 is 1.53 bits per heavy atom. The minimum Gasteiger partial charge on any atom is -0.497 e. The normalized spacial score (nSPS) is 12.8. The van der Waals surface area contributed by atoms with Crippen molar-refractivity contribution in [3.8, 4) is 16.9 Å². The summed E-state index contributed by atoms with van der Waals surface area (Å²) in [5.41, 5.74) is 6.48. The molecule has 0 unspecified atom stereocenters. The van der Waals surface area contributed by atoms with Gasteiger partial charge in [-0.3, -0.25) is 9.69 Å². The third kappa shape index (κ3) is 6.21. The van der Waals surface area contributed by atoms with Gasteiger partial charge in [0.1, 0.15) is 5.75 Å². The Balaban J connectivity index is 1.81. The summed E-state index contributed by atoms with van der Waals surface area (Å²) in [5, 5.41) is 9.99. The van der Waals surface area contributed by atoms with Crippen molar-refractivity contribution in [3.05, 3.63) is 125 Å². The second-order valence-corrected chi connectivity index (χ2v) is 9.22. The van der Waals surface area contributed by atoms with Crippen LogP contribution in [-0.4, -0.2) is 23.1 Å². The van der Waals surface area contributed by atoms with Gasteiger partial charge in [-0.2, -0.15) is 0 Å². The summed E-state index contributed by atoms with van der Waals surface area (Å²) in [4.78, 5) is 14.5. The van der Waals surface area contributed by atoms with Gasteiger partial charge in [0.2, 0.25) is 0 Å². The lowest BCUT2D eigenvalue weighted by atomic mass is 9.92. The zero-order chi connectivity index (χ0) is 25.5. The van der Waals surface area contributed by atoms with Crippen LogP contribution in [0.5, 0.6) is 5.75 Å². The first kappa shape index (κ1) is 25.2. The van der Waals surface area contributed by atoms with Gasteiger partial charge in [0, 0.05) is 18.6 Å². The van der Waals surface area contributed by atoms with Gasteiger partial charge in [0.25, 0.3) is 0 Å². The van der Waals surface area contributed by atoms with E-state index in [9.17, 15) is 9.90 Å². The summed E-state index contributed by atoms with van der Waals surface area (Å²) in [6.45, 7) is 4.86. The molecule has 0 amide bonds. The molecule has 0 aliphatic rings. The van der Waals surface area contributed by atoms with Crippen LogP contribution < -0.4 is 4.74 Å². The number of hydrogen-bond acceptors (Lipinski definition) is 3. The molecule has 4 aromatic rings. The number of carbonyl (C=O) groups is 1. The monoisotopic (exact) mass is 479 g/mol. The fourth-order valence-electron chi connectivity index (χ4n) is 4.80. The maximum absolute atomic E-state index is 12.2. The quantitative estimate of drug-likeness (QED) is 0.257. The third-order valence-corrected chi connectivity index (χ3v) is 6.64. The van der Waals surface area contributed by atoms with E-state index in [1.54, 1.807) is 7.11 Å². The average molecular weight is 480 g/mol. The Labute approximate surface area is 213 Å². The molecule has 0 saturated heterocycles. The molecule has 1 N–H and O–H groups in total. The van der Waals surface area contributed by atoms with Crippen LogP contribution in [0.4, 0.5) is 0 Å². The molecule has 4 aromatic carbocycles. The molecule has 0 aliphatic heterocycles. The van der Waals surface area contributed by atoms with Gasteiger partial charge in [-0.05, 0) is 59.9 Å². The minimum atomic E-state index is -0.817. The molecule has 0 aromatic heterocycles. The van der Waals surface area contributed by atoms with E-state index in [1.807, 2.05) is 54.6 Å². The molecule has 0 aliphatic carbocycles. The van der Waals surface area contributed by atoms with E-state index < -0.39 is 5.97 Å². The molecular formula is C32H33NO3. The number of carboxylic acid groups (broad SMARTS) is 1. The summed E-state index contributed by atoms with van der Waals surface area (Å²) in [6, 6.07) is 34.6. The van der Waals surface area contributed by atoms with Crippen molar-refractivity contribution in [1.29, 1.82) is 0 Å². The lowest BCUT2D eigenvalue weighted by Gasteiger charge is -2.37. The van der Waals surface area contributed by atoms with Gasteiger partial charge >= 0.3 is 5.97 Å². The Kier molecular flexibility index (Phi) is 8.19. The Morgan fingerprint density at radius 1 is 0.833 bits per heavy atom. The first-order valence-electron chi connectivity index (χ1n) is 12.3. The van der Waals surface area contributed by atoms with E-state index in [2.05, 4.69) is 67.3 Å². The van der Waals surface area contributed by atoms with Gasteiger partial charge in [-0.25, -0.2) is 0 Å². The van der Waals surface area contributed by atoms with E-state index in [1.165, 1.54) is 0 Å². The molecular weight excluding hydrogens is 446 g/mol. The first-order valence-corrected chi connectivity index (χ1v) is 12.3. The number of nitrogens with zero attached hydrogens (tertiary/aromatic N) is 1. The molecule has 4 nitrogen and oxygen atoms in total. The van der Waals surface area contributed by atoms with Crippen molar-refractivity contribution in [2.24, 2.45) is 0 Å². The molecule has 184 valence electrons. The van der Waals surface area contributed by atoms with Crippen LogP contribution in [0, 0.1) is 6.92 Å². The highest BCUT2D eigenvalue weighted by Crippen LogP contribution is 2.37. The summed E-state index contributed by atoms with van der Waals surface area (Å²) in [6.07, 6.45) is 0.00497. The van der Waals surface area contributed by atoms with Crippen molar-refractivity contribution in [2.75, 3.05) is 7.11 Å². The second-order valence-electron chi connectivity index (χ2n) is 9.22. The Hall–Kier alpha value is -3.89. The second kappa shape index (κ2) is 11.7. The van der Waals surface area contributed by atoms with Gasteiger partial charge < -0.3 is 9.84 Å². The minimum absolute atomic E-state index is 0.00497. The lowest BCUT2D eigenvalue weighted by Crippen LogP contribution is -2.33. The molecule has 36 heavy (non-hydrogen) atoms. The molecule has 0 heterocycles. The van der Waals surface area contributed by atoms with Crippen molar-refractivity contribution < 1.29 is 14.6 Å². The number of aryl methyl sites for hydroxylation is 1. The highest BCUT2D eigenvalue weighted by molar-refractivity contribution is 5.70. The maximum atomic E-state index is 12.2. The number of benzene rings is 4. The van der Waals surface area contributed by atoms with E-state index in [4.69, 9.17) is 4.74 Å². The predicted molar refractivity (Wildman–Crippen MR) is 145 cm³/mol. The van der Waals surface area contributed by atoms with Crippen LogP contribution in [0.2, 0.25) is 0 Å². The van der Waals surface area contributed by atoms with Crippen LogP contribution >= 0.6 is 0 Å². The van der Waals surface area contributed by atoms with E-state index in [0.717, 1.165) is 39.1 Å². The number of methoxy groups -OCH3 is 1.